The van der Waals surface area contributed by atoms with Gasteiger partial charge < -0.3 is 9.80 Å². The van der Waals surface area contributed by atoms with Crippen LogP contribution in [0, 0.1) is 19.6 Å². The van der Waals surface area contributed by atoms with Crippen LogP contribution in [0.5, 0.6) is 0 Å². The highest BCUT2D eigenvalue weighted by Gasteiger charge is 2.26. The van der Waals surface area contributed by atoms with Crippen LogP contribution in [0.3, 0.4) is 0 Å². The van der Waals surface area contributed by atoms with Crippen molar-refractivity contribution in [3.63, 3.8) is 0 Å². The van der Waals surface area contributed by atoms with E-state index in [2.05, 4.69) is 39.3 Å². The molecule has 0 saturated carbocycles. The Balaban J connectivity index is 1.59. The minimum atomic E-state index is -0.318. The molecule has 0 amide bonds. The van der Waals surface area contributed by atoms with Gasteiger partial charge in [-0.05, 0) is 73.3 Å². The van der Waals surface area contributed by atoms with Gasteiger partial charge in [-0.1, -0.05) is 19.8 Å². The van der Waals surface area contributed by atoms with Crippen LogP contribution in [0.2, 0.25) is 0 Å². The summed E-state index contributed by atoms with van der Waals surface area (Å²) in [4.78, 5) is 15.7. The Bertz CT molecular complexity index is 602. The maximum absolute atomic E-state index is 10.9. The average Bonchev–Trinajstić information content (AvgIpc) is 2.59. The third-order valence-corrected chi connectivity index (χ3v) is 6.63. The van der Waals surface area contributed by atoms with Gasteiger partial charge in [-0.15, -0.1) is 0 Å². The van der Waals surface area contributed by atoms with Crippen LogP contribution in [0.1, 0.15) is 45.4 Å². The summed E-state index contributed by atoms with van der Waals surface area (Å²) >= 11 is 2.23. The minimum absolute atomic E-state index is 0.179. The van der Waals surface area contributed by atoms with E-state index in [0.717, 1.165) is 28.3 Å². The number of nitro groups is 1. The van der Waals surface area contributed by atoms with Crippen molar-refractivity contribution in [1.29, 1.82) is 0 Å². The smallest absolute Gasteiger partial charge is 0.270 e. The number of benzene rings is 1. The van der Waals surface area contributed by atoms with E-state index in [9.17, 15) is 10.1 Å². The van der Waals surface area contributed by atoms with Crippen molar-refractivity contribution in [3.8, 4) is 0 Å². The molecule has 1 atom stereocenters. The van der Waals surface area contributed by atoms with E-state index in [1.165, 1.54) is 51.6 Å². The third-order valence-electron chi connectivity index (χ3n) is 5.77. The van der Waals surface area contributed by atoms with E-state index in [0.29, 0.717) is 6.04 Å². The van der Waals surface area contributed by atoms with Crippen molar-refractivity contribution in [1.82, 2.24) is 4.90 Å². The maximum Gasteiger partial charge on any atom is 0.270 e. The molecule has 0 aliphatic carbocycles. The summed E-state index contributed by atoms with van der Waals surface area (Å²) < 4.78 is 0.977. The minimum Gasteiger partial charge on any atom is -0.371 e. The fourth-order valence-electron chi connectivity index (χ4n) is 4.15. The molecule has 2 heterocycles. The molecule has 0 spiro atoms. The first-order chi connectivity index (χ1) is 12.0. The van der Waals surface area contributed by atoms with E-state index >= 15 is 0 Å². The van der Waals surface area contributed by atoms with Crippen LogP contribution >= 0.6 is 22.6 Å². The topological polar surface area (TPSA) is 49.6 Å². The normalized spacial score (nSPS) is 23.9. The van der Waals surface area contributed by atoms with Crippen LogP contribution in [-0.4, -0.2) is 42.0 Å². The lowest BCUT2D eigenvalue weighted by molar-refractivity contribution is -0.384. The van der Waals surface area contributed by atoms with Gasteiger partial charge in [-0.2, -0.15) is 0 Å². The molecule has 2 fully saturated rings. The summed E-state index contributed by atoms with van der Waals surface area (Å²) in [6, 6.07) is 5.93. The zero-order valence-electron chi connectivity index (χ0n) is 15.0. The largest absolute Gasteiger partial charge is 0.371 e. The number of nitro benzene ring substituents is 1. The zero-order valence-corrected chi connectivity index (χ0v) is 17.2. The van der Waals surface area contributed by atoms with Crippen molar-refractivity contribution < 1.29 is 4.92 Å². The number of halogens is 1. The lowest BCUT2D eigenvalue weighted by Gasteiger charge is -2.40. The van der Waals surface area contributed by atoms with Gasteiger partial charge in [0.2, 0.25) is 0 Å². The van der Waals surface area contributed by atoms with Gasteiger partial charge in [0.25, 0.3) is 5.69 Å². The predicted molar refractivity (Wildman–Crippen MR) is 110 cm³/mol. The van der Waals surface area contributed by atoms with Crippen LogP contribution in [0.4, 0.5) is 11.4 Å². The highest BCUT2D eigenvalue weighted by atomic mass is 127. The molecule has 1 aromatic rings. The van der Waals surface area contributed by atoms with Crippen LogP contribution in [0.15, 0.2) is 18.2 Å². The monoisotopic (exact) mass is 457 g/mol. The number of nitrogens with zero attached hydrogens (tertiary/aromatic N) is 3. The molecule has 1 unspecified atom stereocenters. The Labute approximate surface area is 164 Å². The Morgan fingerprint density at radius 1 is 1.08 bits per heavy atom. The number of anilines is 1. The fourth-order valence-corrected chi connectivity index (χ4v) is 4.99. The molecule has 0 bridgehead atoms. The van der Waals surface area contributed by atoms with Gasteiger partial charge in [-0.3, -0.25) is 10.1 Å². The molecule has 3 rings (SSSR count). The second kappa shape index (κ2) is 8.66. The van der Waals surface area contributed by atoms with Crippen molar-refractivity contribution in [2.24, 2.45) is 5.92 Å². The lowest BCUT2D eigenvalue weighted by Crippen LogP contribution is -2.46. The fraction of sp³-hybridized carbons (Fsp3) is 0.684. The van der Waals surface area contributed by atoms with Crippen LogP contribution in [-0.2, 0) is 0 Å². The second-order valence-electron chi connectivity index (χ2n) is 7.54. The number of rotatable bonds is 3. The van der Waals surface area contributed by atoms with Gasteiger partial charge >= 0.3 is 0 Å². The average molecular weight is 457 g/mol. The molecule has 0 radical (unpaired) electrons. The van der Waals surface area contributed by atoms with Crippen molar-refractivity contribution in [2.45, 2.75) is 51.5 Å². The van der Waals surface area contributed by atoms with Crippen molar-refractivity contribution in [2.75, 3.05) is 31.1 Å². The molecule has 0 N–H and O–H groups in total. The molecule has 25 heavy (non-hydrogen) atoms. The number of piperidine rings is 1. The van der Waals surface area contributed by atoms with Gasteiger partial charge in [0, 0.05) is 34.8 Å². The summed E-state index contributed by atoms with van der Waals surface area (Å²) in [5, 5.41) is 10.9. The summed E-state index contributed by atoms with van der Waals surface area (Å²) in [6.07, 6.45) is 7.83. The Morgan fingerprint density at radius 3 is 2.52 bits per heavy atom. The molecule has 6 heteroatoms. The SMILES string of the molecule is CC1CCCCN(C2CCN(c3ccc([N+](=O)[O-])cc3I)CC2)CC1. The molecule has 138 valence electrons. The van der Waals surface area contributed by atoms with E-state index < -0.39 is 0 Å². The quantitative estimate of drug-likeness (QED) is 0.376. The van der Waals surface area contributed by atoms with Crippen LogP contribution < -0.4 is 4.90 Å². The number of non-ortho nitro benzene ring substituents is 1. The molecule has 2 saturated heterocycles. The first-order valence-corrected chi connectivity index (χ1v) is 10.6. The van der Waals surface area contributed by atoms with Gasteiger partial charge in [0.05, 0.1) is 10.6 Å². The molecule has 0 aromatic heterocycles. The second-order valence-corrected chi connectivity index (χ2v) is 8.70. The molecule has 2 aliphatic heterocycles. The number of likely N-dealkylation sites (tertiary alicyclic amines) is 1. The van der Waals surface area contributed by atoms with E-state index in [1.54, 1.807) is 12.1 Å². The van der Waals surface area contributed by atoms with Gasteiger partial charge in [-0.25, -0.2) is 0 Å². The predicted octanol–water partition coefficient (Wildman–Crippen LogP) is 4.68. The number of hydrogen-bond donors (Lipinski definition) is 0. The third kappa shape index (κ3) is 4.84. The molecule has 1 aromatic carbocycles. The first kappa shape index (κ1) is 18.9. The Hall–Kier alpha value is -0.890. The summed E-state index contributed by atoms with van der Waals surface area (Å²) in [6.45, 7) is 6.99. The van der Waals surface area contributed by atoms with Crippen LogP contribution in [0.25, 0.3) is 0 Å². The van der Waals surface area contributed by atoms with Gasteiger partial charge in [0.1, 0.15) is 0 Å². The Kier molecular flexibility index (Phi) is 6.55. The first-order valence-electron chi connectivity index (χ1n) is 9.47. The Morgan fingerprint density at radius 2 is 1.84 bits per heavy atom. The summed E-state index contributed by atoms with van der Waals surface area (Å²) in [7, 11) is 0. The summed E-state index contributed by atoms with van der Waals surface area (Å²) in [5.41, 5.74) is 1.32. The molecule has 5 nitrogen and oxygen atoms in total. The summed E-state index contributed by atoms with van der Waals surface area (Å²) in [5.74, 6) is 0.865. The van der Waals surface area contributed by atoms with Crippen molar-refractivity contribution >= 4 is 34.0 Å². The highest BCUT2D eigenvalue weighted by molar-refractivity contribution is 14.1. The maximum atomic E-state index is 10.9. The lowest BCUT2D eigenvalue weighted by atomic mass is 9.95. The highest BCUT2D eigenvalue weighted by Crippen LogP contribution is 2.30. The molecule has 2 aliphatic rings. The van der Waals surface area contributed by atoms with Crippen molar-refractivity contribution in [3.05, 3.63) is 31.9 Å². The van der Waals surface area contributed by atoms with E-state index in [4.69, 9.17) is 0 Å². The van der Waals surface area contributed by atoms with E-state index in [1.807, 2.05) is 6.07 Å². The number of hydrogen-bond acceptors (Lipinski definition) is 4. The zero-order chi connectivity index (χ0) is 17.8. The standard InChI is InChI=1S/C19H28IN3O2/c1-15-4-2-3-10-21(11-7-15)16-8-12-22(13-9-16)19-6-5-17(23(24)25)14-18(19)20/h5-6,14-16H,2-4,7-13H2,1H3. The van der Waals surface area contributed by atoms with Gasteiger partial charge in [0.15, 0.2) is 0 Å². The molecular formula is C19H28IN3O2. The van der Waals surface area contributed by atoms with E-state index in [-0.39, 0.29) is 10.6 Å². The molecular weight excluding hydrogens is 429 g/mol.